The Balaban J connectivity index is 2.18. The van der Waals surface area contributed by atoms with Crippen LogP contribution in [0.3, 0.4) is 0 Å². The normalized spacial score (nSPS) is 10.6. The summed E-state index contributed by atoms with van der Waals surface area (Å²) >= 11 is 0. The van der Waals surface area contributed by atoms with E-state index in [4.69, 9.17) is 4.74 Å². The number of nitrogens with zero attached hydrogens (tertiary/aromatic N) is 1. The van der Waals surface area contributed by atoms with Gasteiger partial charge in [-0.2, -0.15) is 5.26 Å². The molecular formula is C20H19N3O4. The second-order valence-electron chi connectivity index (χ2n) is 5.55. The molecule has 2 rings (SSSR count). The number of aryl methyl sites for hydroxylation is 1. The number of benzene rings is 2. The molecule has 7 heteroatoms. The molecule has 0 bridgehead atoms. The van der Waals surface area contributed by atoms with Crippen molar-refractivity contribution in [1.82, 2.24) is 0 Å². The zero-order valence-electron chi connectivity index (χ0n) is 14.9. The first-order valence-electron chi connectivity index (χ1n) is 8.20. The highest BCUT2D eigenvalue weighted by molar-refractivity contribution is 6.09. The SMILES string of the molecule is CCOC(=O)c1ccccc1NC(=O)/C(C#N)=C\Nc1ccc(C)cc1O. The van der Waals surface area contributed by atoms with Gasteiger partial charge in [0.2, 0.25) is 0 Å². The summed E-state index contributed by atoms with van der Waals surface area (Å²) in [4.78, 5) is 24.3. The molecule has 0 fully saturated rings. The molecule has 1 amide bonds. The van der Waals surface area contributed by atoms with Gasteiger partial charge in [-0.3, -0.25) is 4.79 Å². The monoisotopic (exact) mass is 365 g/mol. The number of amides is 1. The number of rotatable bonds is 6. The molecule has 27 heavy (non-hydrogen) atoms. The number of aromatic hydroxyl groups is 1. The number of carbonyl (C=O) groups excluding carboxylic acids is 2. The van der Waals surface area contributed by atoms with E-state index in [0.717, 1.165) is 5.56 Å². The number of anilines is 2. The van der Waals surface area contributed by atoms with Crippen LogP contribution >= 0.6 is 0 Å². The van der Waals surface area contributed by atoms with E-state index >= 15 is 0 Å². The van der Waals surface area contributed by atoms with Crippen molar-refractivity contribution in [2.45, 2.75) is 13.8 Å². The summed E-state index contributed by atoms with van der Waals surface area (Å²) in [6, 6.07) is 13.1. The van der Waals surface area contributed by atoms with Crippen LogP contribution in [-0.2, 0) is 9.53 Å². The number of nitrogens with one attached hydrogen (secondary N) is 2. The van der Waals surface area contributed by atoms with Crippen LogP contribution in [0.4, 0.5) is 11.4 Å². The minimum absolute atomic E-state index is 0.00314. The first-order chi connectivity index (χ1) is 13.0. The van der Waals surface area contributed by atoms with E-state index in [2.05, 4.69) is 10.6 Å². The number of esters is 1. The summed E-state index contributed by atoms with van der Waals surface area (Å²) in [7, 11) is 0. The number of phenols is 1. The third-order valence-corrected chi connectivity index (χ3v) is 3.56. The second-order valence-corrected chi connectivity index (χ2v) is 5.55. The topological polar surface area (TPSA) is 111 Å². The maximum atomic E-state index is 12.4. The van der Waals surface area contributed by atoms with E-state index in [1.807, 2.05) is 6.92 Å². The quantitative estimate of drug-likeness (QED) is 0.313. The minimum Gasteiger partial charge on any atom is -0.506 e. The van der Waals surface area contributed by atoms with Crippen molar-refractivity contribution in [2.24, 2.45) is 0 Å². The number of hydrogen-bond donors (Lipinski definition) is 3. The van der Waals surface area contributed by atoms with E-state index in [1.54, 1.807) is 49.4 Å². The molecule has 0 saturated heterocycles. The van der Waals surface area contributed by atoms with Crippen LogP contribution in [0.25, 0.3) is 0 Å². The van der Waals surface area contributed by atoms with Gasteiger partial charge in [0.05, 0.1) is 23.5 Å². The highest BCUT2D eigenvalue weighted by Gasteiger charge is 2.16. The van der Waals surface area contributed by atoms with Crippen molar-refractivity contribution in [2.75, 3.05) is 17.2 Å². The number of para-hydroxylation sites is 1. The maximum Gasteiger partial charge on any atom is 0.340 e. The molecule has 138 valence electrons. The van der Waals surface area contributed by atoms with Crippen LogP contribution < -0.4 is 10.6 Å². The molecule has 0 spiro atoms. The molecule has 7 nitrogen and oxygen atoms in total. The standard InChI is InChI=1S/C20H19N3O4/c1-3-27-20(26)15-6-4-5-7-16(15)23-19(25)14(11-21)12-22-17-9-8-13(2)10-18(17)24/h4-10,12,22,24H,3H2,1-2H3,(H,23,25)/b14-12-. The van der Waals surface area contributed by atoms with Crippen LogP contribution in [0, 0.1) is 18.3 Å². The first-order valence-corrected chi connectivity index (χ1v) is 8.20. The maximum absolute atomic E-state index is 12.4. The molecule has 0 heterocycles. The van der Waals surface area contributed by atoms with Gasteiger partial charge in [0.25, 0.3) is 5.91 Å². The second kappa shape index (κ2) is 9.06. The molecule has 3 N–H and O–H groups in total. The van der Waals surface area contributed by atoms with Crippen molar-refractivity contribution in [3.8, 4) is 11.8 Å². The largest absolute Gasteiger partial charge is 0.506 e. The molecule has 2 aromatic rings. The number of nitriles is 1. The highest BCUT2D eigenvalue weighted by atomic mass is 16.5. The number of ether oxygens (including phenoxy) is 1. The Morgan fingerprint density at radius 2 is 1.96 bits per heavy atom. The number of carbonyl (C=O) groups is 2. The Hall–Kier alpha value is -3.79. The summed E-state index contributed by atoms with van der Waals surface area (Å²) in [5.74, 6) is -1.27. The lowest BCUT2D eigenvalue weighted by molar-refractivity contribution is -0.112. The van der Waals surface area contributed by atoms with Gasteiger partial charge in [0.15, 0.2) is 0 Å². The van der Waals surface area contributed by atoms with Crippen molar-refractivity contribution in [3.63, 3.8) is 0 Å². The van der Waals surface area contributed by atoms with Crippen molar-refractivity contribution >= 4 is 23.3 Å². The van der Waals surface area contributed by atoms with Crippen LogP contribution in [-0.4, -0.2) is 23.6 Å². The molecule has 0 aliphatic rings. The summed E-state index contributed by atoms with van der Waals surface area (Å²) in [5.41, 5.74) is 1.42. The summed E-state index contributed by atoms with van der Waals surface area (Å²) < 4.78 is 4.96. The van der Waals surface area contributed by atoms with Crippen molar-refractivity contribution in [3.05, 3.63) is 65.4 Å². The van der Waals surface area contributed by atoms with Crippen LogP contribution in [0.5, 0.6) is 5.75 Å². The molecular weight excluding hydrogens is 346 g/mol. The van der Waals surface area contributed by atoms with Crippen molar-refractivity contribution < 1.29 is 19.4 Å². The molecule has 0 radical (unpaired) electrons. The van der Waals surface area contributed by atoms with Crippen molar-refractivity contribution in [1.29, 1.82) is 5.26 Å². The number of phenolic OH excluding ortho intramolecular Hbond substituents is 1. The van der Waals surface area contributed by atoms with E-state index in [9.17, 15) is 20.0 Å². The Bertz CT molecular complexity index is 929. The molecule has 0 atom stereocenters. The fourth-order valence-electron chi connectivity index (χ4n) is 2.23. The Kier molecular flexibility index (Phi) is 6.55. The summed E-state index contributed by atoms with van der Waals surface area (Å²) in [6.45, 7) is 3.71. The average molecular weight is 365 g/mol. The third kappa shape index (κ3) is 5.09. The summed E-state index contributed by atoms with van der Waals surface area (Å²) in [5, 5.41) is 24.4. The minimum atomic E-state index is -0.701. The zero-order valence-corrected chi connectivity index (χ0v) is 14.9. The molecule has 0 saturated carbocycles. The fraction of sp³-hybridized carbons (Fsp3) is 0.150. The lowest BCUT2D eigenvalue weighted by Gasteiger charge is -2.10. The van der Waals surface area contributed by atoms with Gasteiger partial charge in [0, 0.05) is 6.20 Å². The lowest BCUT2D eigenvalue weighted by atomic mass is 10.1. The van der Waals surface area contributed by atoms with E-state index in [-0.39, 0.29) is 29.2 Å². The van der Waals surface area contributed by atoms with E-state index in [0.29, 0.717) is 5.69 Å². The van der Waals surface area contributed by atoms with Crippen LogP contribution in [0.2, 0.25) is 0 Å². The first kappa shape index (κ1) is 19.5. The zero-order chi connectivity index (χ0) is 19.8. The molecule has 0 aliphatic heterocycles. The van der Waals surface area contributed by atoms with Gasteiger partial charge < -0.3 is 20.5 Å². The summed E-state index contributed by atoms with van der Waals surface area (Å²) in [6.07, 6.45) is 1.19. The third-order valence-electron chi connectivity index (χ3n) is 3.56. The Morgan fingerprint density at radius 3 is 2.63 bits per heavy atom. The predicted molar refractivity (Wildman–Crippen MR) is 101 cm³/mol. The molecule has 2 aromatic carbocycles. The van der Waals surface area contributed by atoms with E-state index in [1.165, 1.54) is 12.3 Å². The number of hydrogen-bond acceptors (Lipinski definition) is 6. The fourth-order valence-corrected chi connectivity index (χ4v) is 2.23. The van der Waals surface area contributed by atoms with Gasteiger partial charge in [-0.15, -0.1) is 0 Å². The van der Waals surface area contributed by atoms with Crippen LogP contribution in [0.15, 0.2) is 54.2 Å². The lowest BCUT2D eigenvalue weighted by Crippen LogP contribution is -2.17. The van der Waals surface area contributed by atoms with Gasteiger partial charge in [0.1, 0.15) is 17.4 Å². The Morgan fingerprint density at radius 1 is 1.22 bits per heavy atom. The van der Waals surface area contributed by atoms with Gasteiger partial charge in [-0.25, -0.2) is 4.79 Å². The Labute approximate surface area is 156 Å². The van der Waals surface area contributed by atoms with Gasteiger partial charge >= 0.3 is 5.97 Å². The highest BCUT2D eigenvalue weighted by Crippen LogP contribution is 2.24. The molecule has 0 aromatic heterocycles. The smallest absolute Gasteiger partial charge is 0.340 e. The van der Waals surface area contributed by atoms with Crippen LogP contribution in [0.1, 0.15) is 22.8 Å². The van der Waals surface area contributed by atoms with Gasteiger partial charge in [-0.05, 0) is 43.7 Å². The predicted octanol–water partition coefficient (Wildman–Crippen LogP) is 3.34. The average Bonchev–Trinajstić information content (AvgIpc) is 2.64. The molecule has 0 aliphatic carbocycles. The van der Waals surface area contributed by atoms with E-state index < -0.39 is 11.9 Å². The molecule has 0 unspecified atom stereocenters. The van der Waals surface area contributed by atoms with Gasteiger partial charge in [-0.1, -0.05) is 18.2 Å².